The van der Waals surface area contributed by atoms with Gasteiger partial charge in [0.2, 0.25) is 0 Å². The van der Waals surface area contributed by atoms with E-state index in [-0.39, 0.29) is 6.10 Å². The standard InChI is InChI=1S/C22H26N4O/c1-2-17(27)14-26(22-23-12-13-24-22)15-19-18-10-6-7-11-20(18)25-21(19)16-8-4-3-5-9-16/h3-11,17,25,27H,2,12-15H2,1H3,(H,23,24). The minimum absolute atomic E-state index is 0.375. The zero-order valence-corrected chi connectivity index (χ0v) is 15.7. The smallest absolute Gasteiger partial charge is 0.194 e. The summed E-state index contributed by atoms with van der Waals surface area (Å²) in [6.07, 6.45) is 0.351. The summed E-state index contributed by atoms with van der Waals surface area (Å²) < 4.78 is 0. The SMILES string of the molecule is CCC(O)CN(Cc1c(-c2ccccc2)[nH]c2ccccc12)C1=NCCN1. The Morgan fingerprint density at radius 3 is 2.63 bits per heavy atom. The molecule has 0 radical (unpaired) electrons. The molecule has 0 saturated carbocycles. The number of para-hydroxylation sites is 1. The van der Waals surface area contributed by atoms with Crippen molar-refractivity contribution < 1.29 is 5.11 Å². The Balaban J connectivity index is 1.76. The number of hydrogen-bond acceptors (Lipinski definition) is 4. The predicted octanol–water partition coefficient (Wildman–Crippen LogP) is 3.37. The second-order valence-electron chi connectivity index (χ2n) is 6.96. The van der Waals surface area contributed by atoms with Gasteiger partial charge in [-0.05, 0) is 18.1 Å². The Labute approximate surface area is 159 Å². The fourth-order valence-corrected chi connectivity index (χ4v) is 3.61. The average Bonchev–Trinajstić information content (AvgIpc) is 3.36. The van der Waals surface area contributed by atoms with Crippen LogP contribution in [0.3, 0.4) is 0 Å². The van der Waals surface area contributed by atoms with Crippen molar-refractivity contribution in [3.63, 3.8) is 0 Å². The highest BCUT2D eigenvalue weighted by atomic mass is 16.3. The van der Waals surface area contributed by atoms with E-state index in [1.54, 1.807) is 0 Å². The van der Waals surface area contributed by atoms with Crippen molar-refractivity contribution >= 4 is 16.9 Å². The third kappa shape index (κ3) is 3.69. The Morgan fingerprint density at radius 1 is 1.11 bits per heavy atom. The number of rotatable bonds is 6. The Bertz CT molecular complexity index is 932. The first-order chi connectivity index (χ1) is 13.3. The minimum atomic E-state index is -0.375. The molecular formula is C22H26N4O. The number of aliphatic imine (C=N–C) groups is 1. The van der Waals surface area contributed by atoms with Gasteiger partial charge in [-0.3, -0.25) is 4.99 Å². The molecule has 1 aliphatic rings. The predicted molar refractivity (Wildman–Crippen MR) is 111 cm³/mol. The monoisotopic (exact) mass is 362 g/mol. The van der Waals surface area contributed by atoms with Gasteiger partial charge in [-0.25, -0.2) is 0 Å². The van der Waals surface area contributed by atoms with Crippen LogP contribution in [0.4, 0.5) is 0 Å². The summed E-state index contributed by atoms with van der Waals surface area (Å²) in [5.74, 6) is 0.881. The molecule has 27 heavy (non-hydrogen) atoms. The van der Waals surface area contributed by atoms with Crippen LogP contribution in [0, 0.1) is 0 Å². The Hall–Kier alpha value is -2.79. The highest BCUT2D eigenvalue weighted by Crippen LogP contribution is 2.31. The Kier molecular flexibility index (Phi) is 5.12. The molecule has 0 bridgehead atoms. The average molecular weight is 362 g/mol. The lowest BCUT2D eigenvalue weighted by Gasteiger charge is -2.27. The van der Waals surface area contributed by atoms with Gasteiger partial charge in [0.05, 0.1) is 18.3 Å². The van der Waals surface area contributed by atoms with Gasteiger partial charge in [0.1, 0.15) is 0 Å². The topological polar surface area (TPSA) is 63.6 Å². The number of nitrogens with one attached hydrogen (secondary N) is 2. The molecule has 1 aromatic heterocycles. The van der Waals surface area contributed by atoms with Gasteiger partial charge in [-0.2, -0.15) is 0 Å². The van der Waals surface area contributed by atoms with Crippen LogP contribution in [0.25, 0.3) is 22.2 Å². The van der Waals surface area contributed by atoms with E-state index in [0.717, 1.165) is 36.7 Å². The summed E-state index contributed by atoms with van der Waals surface area (Å²) in [6, 6.07) is 18.8. The lowest BCUT2D eigenvalue weighted by atomic mass is 10.0. The highest BCUT2D eigenvalue weighted by molar-refractivity contribution is 5.91. The molecular weight excluding hydrogens is 336 g/mol. The van der Waals surface area contributed by atoms with Crippen LogP contribution in [-0.2, 0) is 6.54 Å². The molecule has 3 N–H and O–H groups in total. The molecule has 2 heterocycles. The van der Waals surface area contributed by atoms with Gasteiger partial charge < -0.3 is 20.3 Å². The van der Waals surface area contributed by atoms with Crippen LogP contribution in [0.1, 0.15) is 18.9 Å². The molecule has 0 amide bonds. The molecule has 0 fully saturated rings. The Morgan fingerprint density at radius 2 is 1.89 bits per heavy atom. The molecule has 1 aliphatic heterocycles. The number of guanidine groups is 1. The quantitative estimate of drug-likeness (QED) is 0.630. The first-order valence-electron chi connectivity index (χ1n) is 9.62. The van der Waals surface area contributed by atoms with Crippen LogP contribution in [-0.4, -0.2) is 46.7 Å². The van der Waals surface area contributed by atoms with Crippen LogP contribution in [0.5, 0.6) is 0 Å². The summed E-state index contributed by atoms with van der Waals surface area (Å²) in [7, 11) is 0. The van der Waals surface area contributed by atoms with E-state index < -0.39 is 0 Å². The third-order valence-corrected chi connectivity index (χ3v) is 5.08. The van der Waals surface area contributed by atoms with E-state index in [1.807, 2.05) is 13.0 Å². The zero-order chi connectivity index (χ0) is 18.6. The molecule has 2 aromatic carbocycles. The van der Waals surface area contributed by atoms with Crippen molar-refractivity contribution in [2.45, 2.75) is 26.0 Å². The van der Waals surface area contributed by atoms with Gasteiger partial charge in [0.15, 0.2) is 5.96 Å². The third-order valence-electron chi connectivity index (χ3n) is 5.08. The zero-order valence-electron chi connectivity index (χ0n) is 15.7. The maximum absolute atomic E-state index is 10.3. The van der Waals surface area contributed by atoms with Crippen molar-refractivity contribution in [3.05, 3.63) is 60.2 Å². The van der Waals surface area contributed by atoms with E-state index >= 15 is 0 Å². The molecule has 3 aromatic rings. The van der Waals surface area contributed by atoms with Gasteiger partial charge in [0, 0.05) is 36.1 Å². The number of aliphatic hydroxyl groups is 1. The molecule has 5 nitrogen and oxygen atoms in total. The first kappa shape index (κ1) is 17.6. The number of benzene rings is 2. The van der Waals surface area contributed by atoms with Gasteiger partial charge >= 0.3 is 0 Å². The van der Waals surface area contributed by atoms with E-state index in [0.29, 0.717) is 13.1 Å². The largest absolute Gasteiger partial charge is 0.391 e. The molecule has 1 atom stereocenters. The molecule has 0 saturated heterocycles. The fraction of sp³-hybridized carbons (Fsp3) is 0.318. The molecule has 5 heteroatoms. The lowest BCUT2D eigenvalue weighted by Crippen LogP contribution is -2.42. The molecule has 4 rings (SSSR count). The minimum Gasteiger partial charge on any atom is -0.391 e. The van der Waals surface area contributed by atoms with Crippen molar-refractivity contribution in [3.8, 4) is 11.3 Å². The number of fused-ring (bicyclic) bond motifs is 1. The summed E-state index contributed by atoms with van der Waals surface area (Å²) in [5.41, 5.74) is 4.66. The van der Waals surface area contributed by atoms with Crippen LogP contribution in [0.15, 0.2) is 59.6 Å². The number of aliphatic hydroxyl groups excluding tert-OH is 1. The summed E-state index contributed by atoms with van der Waals surface area (Å²) >= 11 is 0. The van der Waals surface area contributed by atoms with E-state index in [4.69, 9.17) is 0 Å². The maximum Gasteiger partial charge on any atom is 0.194 e. The van der Waals surface area contributed by atoms with E-state index in [1.165, 1.54) is 16.5 Å². The summed E-state index contributed by atoms with van der Waals surface area (Å²) in [4.78, 5) is 10.4. The second kappa shape index (κ2) is 7.84. The first-order valence-corrected chi connectivity index (χ1v) is 9.62. The van der Waals surface area contributed by atoms with Crippen molar-refractivity contribution in [2.75, 3.05) is 19.6 Å². The van der Waals surface area contributed by atoms with Crippen molar-refractivity contribution in [2.24, 2.45) is 4.99 Å². The van der Waals surface area contributed by atoms with Crippen LogP contribution >= 0.6 is 0 Å². The van der Waals surface area contributed by atoms with Crippen LogP contribution < -0.4 is 5.32 Å². The molecule has 0 aliphatic carbocycles. The van der Waals surface area contributed by atoms with Crippen LogP contribution in [0.2, 0.25) is 0 Å². The van der Waals surface area contributed by atoms with Crippen molar-refractivity contribution in [1.29, 1.82) is 0 Å². The normalized spacial score (nSPS) is 14.8. The number of nitrogens with zero attached hydrogens (tertiary/aromatic N) is 2. The summed E-state index contributed by atoms with van der Waals surface area (Å²) in [5, 5.41) is 14.9. The number of aromatic nitrogens is 1. The lowest BCUT2D eigenvalue weighted by molar-refractivity contribution is 0.135. The maximum atomic E-state index is 10.3. The highest BCUT2D eigenvalue weighted by Gasteiger charge is 2.22. The van der Waals surface area contributed by atoms with Gasteiger partial charge in [-0.15, -0.1) is 0 Å². The van der Waals surface area contributed by atoms with E-state index in [2.05, 4.69) is 68.7 Å². The number of H-pyrrole nitrogens is 1. The van der Waals surface area contributed by atoms with Gasteiger partial charge in [-0.1, -0.05) is 55.5 Å². The van der Waals surface area contributed by atoms with E-state index in [9.17, 15) is 5.11 Å². The van der Waals surface area contributed by atoms with Crippen molar-refractivity contribution in [1.82, 2.24) is 15.2 Å². The second-order valence-corrected chi connectivity index (χ2v) is 6.96. The van der Waals surface area contributed by atoms with Gasteiger partial charge in [0.25, 0.3) is 0 Å². The summed E-state index contributed by atoms with van der Waals surface area (Å²) in [6.45, 7) is 4.90. The molecule has 1 unspecified atom stereocenters. The molecule has 140 valence electrons. The number of hydrogen-bond donors (Lipinski definition) is 3. The number of aromatic amines is 1. The molecule has 0 spiro atoms. The fourth-order valence-electron chi connectivity index (χ4n) is 3.61.